The van der Waals surface area contributed by atoms with E-state index in [1.165, 1.54) is 0 Å². The summed E-state index contributed by atoms with van der Waals surface area (Å²) in [7, 11) is 3.42. The number of hydrogen-bond donors (Lipinski definition) is 1. The van der Waals surface area contributed by atoms with Crippen LogP contribution in [-0.4, -0.2) is 28.8 Å². The van der Waals surface area contributed by atoms with Crippen molar-refractivity contribution in [1.29, 1.82) is 0 Å². The predicted octanol–water partition coefficient (Wildman–Crippen LogP) is 5.75. The van der Waals surface area contributed by atoms with Crippen molar-refractivity contribution in [3.05, 3.63) is 71.4 Å². The fourth-order valence-corrected chi connectivity index (χ4v) is 5.78. The molecule has 7 heteroatoms. The van der Waals surface area contributed by atoms with Gasteiger partial charge in [-0.1, -0.05) is 24.3 Å². The van der Waals surface area contributed by atoms with Crippen LogP contribution < -0.4 is 10.1 Å². The molecular weight excluding hydrogens is 420 g/mol. The molecule has 0 amide bonds. The lowest BCUT2D eigenvalue weighted by Gasteiger charge is -2.29. The van der Waals surface area contributed by atoms with Gasteiger partial charge in [-0.2, -0.15) is 0 Å². The molecule has 5 aromatic rings. The van der Waals surface area contributed by atoms with E-state index in [9.17, 15) is 0 Å². The minimum absolute atomic E-state index is 0.106. The summed E-state index contributed by atoms with van der Waals surface area (Å²) < 4.78 is 13.2. The molecule has 4 heterocycles. The number of hydrogen-bond acceptors (Lipinski definition) is 6. The average Bonchev–Trinajstić information content (AvgIpc) is 3.37. The second kappa shape index (κ2) is 7.32. The Labute approximate surface area is 189 Å². The lowest BCUT2D eigenvalue weighted by atomic mass is 10.1. The maximum absolute atomic E-state index is 5.52. The van der Waals surface area contributed by atoms with Crippen molar-refractivity contribution in [3.8, 4) is 16.5 Å². The van der Waals surface area contributed by atoms with Crippen LogP contribution in [0.1, 0.15) is 23.0 Å². The molecule has 1 aliphatic heterocycles. The Hall–Kier alpha value is -3.42. The lowest BCUT2D eigenvalue weighted by Crippen LogP contribution is -2.24. The van der Waals surface area contributed by atoms with Crippen LogP contribution in [0.2, 0.25) is 0 Å². The van der Waals surface area contributed by atoms with Gasteiger partial charge in [0.25, 0.3) is 0 Å². The lowest BCUT2D eigenvalue weighted by molar-refractivity contribution is 0.186. The molecule has 0 aliphatic carbocycles. The number of methoxy groups -OCH3 is 2. The third kappa shape index (κ3) is 2.82. The van der Waals surface area contributed by atoms with Gasteiger partial charge in [0.1, 0.15) is 16.7 Å². The largest absolute Gasteiger partial charge is 0.497 e. The number of pyridine rings is 1. The van der Waals surface area contributed by atoms with Gasteiger partial charge in [0.15, 0.2) is 5.82 Å². The van der Waals surface area contributed by atoms with Crippen molar-refractivity contribution in [2.75, 3.05) is 19.5 Å². The molecule has 0 spiro atoms. The van der Waals surface area contributed by atoms with E-state index in [0.717, 1.165) is 60.2 Å². The molecule has 32 heavy (non-hydrogen) atoms. The summed E-state index contributed by atoms with van der Waals surface area (Å²) in [5.41, 5.74) is 6.41. The van der Waals surface area contributed by atoms with Crippen LogP contribution in [0.4, 0.5) is 5.69 Å². The maximum atomic E-state index is 5.52. The van der Waals surface area contributed by atoms with E-state index in [2.05, 4.69) is 46.3 Å². The van der Waals surface area contributed by atoms with Gasteiger partial charge in [0, 0.05) is 18.2 Å². The quantitative estimate of drug-likeness (QED) is 0.384. The first-order valence-corrected chi connectivity index (χ1v) is 11.3. The van der Waals surface area contributed by atoms with Crippen LogP contribution in [0.5, 0.6) is 5.75 Å². The first-order valence-electron chi connectivity index (χ1n) is 10.5. The number of aromatic nitrogens is 3. The summed E-state index contributed by atoms with van der Waals surface area (Å²) in [6, 6.07) is 18.6. The van der Waals surface area contributed by atoms with Crippen LogP contribution >= 0.6 is 11.3 Å². The highest BCUT2D eigenvalue weighted by molar-refractivity contribution is 7.22. The number of rotatable bonds is 4. The smallest absolute Gasteiger partial charge is 0.155 e. The third-order valence-electron chi connectivity index (χ3n) is 5.94. The highest BCUT2D eigenvalue weighted by Gasteiger charge is 2.32. The molecule has 1 atom stereocenters. The van der Waals surface area contributed by atoms with Crippen molar-refractivity contribution in [1.82, 2.24) is 14.5 Å². The molecule has 3 aromatic heterocycles. The Morgan fingerprint density at radius 2 is 1.88 bits per heavy atom. The first kappa shape index (κ1) is 19.3. The summed E-state index contributed by atoms with van der Waals surface area (Å²) in [6.45, 7) is 2.56. The zero-order valence-corrected chi connectivity index (χ0v) is 18.9. The minimum Gasteiger partial charge on any atom is -0.497 e. The van der Waals surface area contributed by atoms with E-state index in [-0.39, 0.29) is 6.17 Å². The van der Waals surface area contributed by atoms with Crippen molar-refractivity contribution in [3.63, 3.8) is 0 Å². The molecule has 160 valence electrons. The molecule has 2 aromatic carbocycles. The number of thiophene rings is 1. The molecule has 6 nitrogen and oxygen atoms in total. The number of nitrogens with one attached hydrogen (secondary N) is 1. The highest BCUT2D eigenvalue weighted by atomic mass is 32.1. The van der Waals surface area contributed by atoms with Gasteiger partial charge in [-0.05, 0) is 48.4 Å². The number of para-hydroxylation sites is 2. The van der Waals surface area contributed by atoms with Crippen LogP contribution in [0, 0.1) is 6.92 Å². The monoisotopic (exact) mass is 442 g/mol. The second-order valence-corrected chi connectivity index (χ2v) is 8.96. The summed E-state index contributed by atoms with van der Waals surface area (Å²) in [6.07, 6.45) is -0.106. The normalized spacial score (nSPS) is 14.9. The van der Waals surface area contributed by atoms with Crippen LogP contribution in [0.15, 0.2) is 54.6 Å². The zero-order valence-electron chi connectivity index (χ0n) is 18.0. The van der Waals surface area contributed by atoms with Gasteiger partial charge >= 0.3 is 0 Å². The third-order valence-corrected chi connectivity index (χ3v) is 7.02. The maximum Gasteiger partial charge on any atom is 0.155 e. The Kier molecular flexibility index (Phi) is 4.41. The van der Waals surface area contributed by atoms with Crippen LogP contribution in [0.25, 0.3) is 32.0 Å². The fraction of sp³-hybridized carbons (Fsp3) is 0.200. The van der Waals surface area contributed by atoms with Crippen LogP contribution in [-0.2, 0) is 11.3 Å². The van der Waals surface area contributed by atoms with E-state index in [1.54, 1.807) is 25.6 Å². The Morgan fingerprint density at radius 3 is 2.66 bits per heavy atom. The van der Waals surface area contributed by atoms with Crippen molar-refractivity contribution in [2.45, 2.75) is 19.7 Å². The van der Waals surface area contributed by atoms with Gasteiger partial charge < -0.3 is 14.8 Å². The Morgan fingerprint density at radius 1 is 1.06 bits per heavy atom. The molecular formula is C25H22N4O2S. The molecule has 0 saturated heterocycles. The van der Waals surface area contributed by atoms with Gasteiger partial charge in [-0.3, -0.25) is 4.57 Å². The first-order chi connectivity index (χ1) is 15.7. The standard InChI is InChI=1S/C25H22N4O2S/c1-14-12-16(13-30-2)20-21-22(32-25(20)26-14)24-27-18-6-4-5-7-19(18)29(24)23(28-21)15-8-10-17(31-3)11-9-15/h4-12,23,28H,13H2,1-3H3. The van der Waals surface area contributed by atoms with Gasteiger partial charge in [-0.25, -0.2) is 9.97 Å². The van der Waals surface area contributed by atoms with Gasteiger partial charge in [0.05, 0.1) is 35.3 Å². The molecule has 1 unspecified atom stereocenters. The van der Waals surface area contributed by atoms with Crippen molar-refractivity contribution < 1.29 is 9.47 Å². The van der Waals surface area contributed by atoms with E-state index < -0.39 is 0 Å². The number of ether oxygens (including phenoxy) is 2. The molecule has 6 rings (SSSR count). The second-order valence-electron chi connectivity index (χ2n) is 7.96. The Bertz CT molecular complexity index is 1470. The van der Waals surface area contributed by atoms with Gasteiger partial charge in [0.2, 0.25) is 0 Å². The number of nitrogens with zero attached hydrogens (tertiary/aromatic N) is 3. The number of imidazole rings is 1. The summed E-state index contributed by atoms with van der Waals surface area (Å²) in [4.78, 5) is 12.0. The van der Waals surface area contributed by atoms with E-state index in [4.69, 9.17) is 19.4 Å². The fourth-order valence-electron chi connectivity index (χ4n) is 4.56. The van der Waals surface area contributed by atoms with Crippen molar-refractivity contribution in [2.24, 2.45) is 0 Å². The number of fused-ring (bicyclic) bond motifs is 7. The number of aryl methyl sites for hydroxylation is 1. The molecule has 0 bridgehead atoms. The molecule has 0 radical (unpaired) electrons. The molecule has 1 aliphatic rings. The summed E-state index contributed by atoms with van der Waals surface area (Å²) in [5.74, 6) is 1.80. The summed E-state index contributed by atoms with van der Waals surface area (Å²) in [5, 5.41) is 4.94. The molecule has 0 saturated carbocycles. The average molecular weight is 443 g/mol. The SMILES string of the molecule is COCc1cc(C)nc2sc3c(c12)NC(c1ccc(OC)cc1)n1c-3nc2ccccc21. The molecule has 1 N–H and O–H groups in total. The molecule has 0 fully saturated rings. The number of benzene rings is 2. The zero-order chi connectivity index (χ0) is 21.8. The van der Waals surface area contributed by atoms with Crippen LogP contribution in [0.3, 0.4) is 0 Å². The number of anilines is 1. The van der Waals surface area contributed by atoms with Crippen molar-refractivity contribution >= 4 is 38.3 Å². The topological polar surface area (TPSA) is 61.2 Å². The Balaban J connectivity index is 1.65. The summed E-state index contributed by atoms with van der Waals surface area (Å²) >= 11 is 1.68. The van der Waals surface area contributed by atoms with Gasteiger partial charge in [-0.15, -0.1) is 11.3 Å². The predicted molar refractivity (Wildman–Crippen MR) is 129 cm³/mol. The van der Waals surface area contributed by atoms with E-state index in [0.29, 0.717) is 6.61 Å². The van der Waals surface area contributed by atoms with E-state index in [1.807, 2.05) is 25.1 Å². The van der Waals surface area contributed by atoms with E-state index >= 15 is 0 Å². The minimum atomic E-state index is -0.106. The highest BCUT2D eigenvalue weighted by Crippen LogP contribution is 2.49.